The molecule has 2 aliphatic rings. The van der Waals surface area contributed by atoms with Crippen molar-refractivity contribution in [3.63, 3.8) is 0 Å². The van der Waals surface area contributed by atoms with Gasteiger partial charge < -0.3 is 9.80 Å². The first-order valence-electron chi connectivity index (χ1n) is 10.0. The summed E-state index contributed by atoms with van der Waals surface area (Å²) in [5, 5.41) is 8.32. The summed E-state index contributed by atoms with van der Waals surface area (Å²) in [6.45, 7) is 14.9. The van der Waals surface area contributed by atoms with Crippen LogP contribution in [0.15, 0.2) is 23.3 Å². The van der Waals surface area contributed by atoms with Crippen LogP contribution in [0.5, 0.6) is 0 Å². The van der Waals surface area contributed by atoms with Crippen LogP contribution < -0.4 is 0 Å². The molecule has 0 unspecified atom stereocenters. The number of piperazine rings is 1. The van der Waals surface area contributed by atoms with Crippen LogP contribution in [0.4, 0.5) is 0 Å². The predicted octanol–water partition coefficient (Wildman–Crippen LogP) is 3.04. The molecule has 0 atom stereocenters. The van der Waals surface area contributed by atoms with E-state index in [0.717, 1.165) is 44.8 Å². The fraction of sp³-hybridized carbons (Fsp3) is 0.636. The number of amidine groups is 1. The van der Waals surface area contributed by atoms with Gasteiger partial charge in [0.1, 0.15) is 5.84 Å². The Morgan fingerprint density at radius 2 is 1.96 bits per heavy atom. The Morgan fingerprint density at radius 3 is 2.50 bits per heavy atom. The minimum atomic E-state index is 0.301. The van der Waals surface area contributed by atoms with Crippen LogP contribution in [-0.4, -0.2) is 72.9 Å². The highest BCUT2D eigenvalue weighted by atomic mass is 15.3. The van der Waals surface area contributed by atoms with Crippen LogP contribution in [0.25, 0.3) is 0 Å². The summed E-state index contributed by atoms with van der Waals surface area (Å²) in [5.74, 6) is 3.58. The van der Waals surface area contributed by atoms with Crippen LogP contribution in [0.3, 0.4) is 0 Å². The first kappa shape index (κ1) is 20.7. The Balaban J connectivity index is 1.72. The zero-order valence-corrected chi connectivity index (χ0v) is 16.8. The van der Waals surface area contributed by atoms with Gasteiger partial charge in [-0.15, -0.1) is 6.42 Å². The molecule has 2 rings (SSSR count). The zero-order chi connectivity index (χ0) is 18.9. The van der Waals surface area contributed by atoms with E-state index in [2.05, 4.69) is 53.9 Å². The third-order valence-corrected chi connectivity index (χ3v) is 5.19. The minimum Gasteiger partial charge on any atom is -0.355 e. The second-order valence-electron chi connectivity index (χ2n) is 7.61. The van der Waals surface area contributed by atoms with E-state index in [-0.39, 0.29) is 0 Å². The lowest BCUT2D eigenvalue weighted by Crippen LogP contribution is -2.50. The van der Waals surface area contributed by atoms with Crippen molar-refractivity contribution in [2.24, 2.45) is 5.92 Å². The minimum absolute atomic E-state index is 0.301. The van der Waals surface area contributed by atoms with Crippen molar-refractivity contribution in [2.45, 2.75) is 33.6 Å². The second kappa shape index (κ2) is 10.5. The fourth-order valence-corrected chi connectivity index (χ4v) is 3.27. The van der Waals surface area contributed by atoms with E-state index < -0.39 is 0 Å². The molecule has 1 fully saturated rings. The highest BCUT2D eigenvalue weighted by molar-refractivity contribution is 5.91. The average molecular weight is 356 g/mol. The van der Waals surface area contributed by atoms with E-state index in [1.807, 2.05) is 6.08 Å². The molecule has 1 aliphatic carbocycles. The zero-order valence-electron chi connectivity index (χ0n) is 16.8. The second-order valence-corrected chi connectivity index (χ2v) is 7.61. The molecule has 0 aromatic heterocycles. The van der Waals surface area contributed by atoms with Gasteiger partial charge in [-0.2, -0.15) is 0 Å². The molecule has 1 heterocycles. The maximum Gasteiger partial charge on any atom is 0.121 e. The molecule has 4 nitrogen and oxygen atoms in total. The molecule has 4 heteroatoms. The lowest BCUT2D eigenvalue weighted by molar-refractivity contribution is 0.155. The maximum absolute atomic E-state index is 8.32. The van der Waals surface area contributed by atoms with Crippen LogP contribution in [0.1, 0.15) is 33.6 Å². The maximum atomic E-state index is 8.32. The summed E-state index contributed by atoms with van der Waals surface area (Å²) in [7, 11) is 0. The van der Waals surface area contributed by atoms with Gasteiger partial charge >= 0.3 is 0 Å². The number of nitrogens with zero attached hydrogens (tertiary/aromatic N) is 3. The summed E-state index contributed by atoms with van der Waals surface area (Å²) in [5.41, 5.74) is 2.43. The summed E-state index contributed by atoms with van der Waals surface area (Å²) >= 11 is 0. The van der Waals surface area contributed by atoms with E-state index in [4.69, 9.17) is 11.8 Å². The van der Waals surface area contributed by atoms with Gasteiger partial charge in [-0.3, -0.25) is 10.3 Å². The lowest BCUT2D eigenvalue weighted by atomic mass is 10.0. The molecule has 0 bridgehead atoms. The standard InChI is InChI=1S/C22H35N4/c1-5-10-24(11-9-20-7-8-20)12-13-25-14-16-26(17-15-25)22(23)18-21(6-2)19(3)4/h2,7-8,18-19,23H,5,9-17H2,1,3-4H3/b21-18+,23-22?. The van der Waals surface area contributed by atoms with E-state index >= 15 is 0 Å². The molecule has 0 amide bonds. The van der Waals surface area contributed by atoms with E-state index in [0.29, 0.717) is 11.8 Å². The van der Waals surface area contributed by atoms with Gasteiger partial charge in [-0.05, 0) is 31.4 Å². The fourth-order valence-electron chi connectivity index (χ4n) is 3.27. The van der Waals surface area contributed by atoms with Crippen LogP contribution >= 0.6 is 0 Å². The molecule has 26 heavy (non-hydrogen) atoms. The van der Waals surface area contributed by atoms with Crippen molar-refractivity contribution in [3.8, 4) is 12.3 Å². The van der Waals surface area contributed by atoms with Gasteiger partial charge in [0.05, 0.1) is 0 Å². The van der Waals surface area contributed by atoms with E-state index in [1.54, 1.807) is 0 Å². The highest BCUT2D eigenvalue weighted by Gasteiger charge is 2.19. The summed E-state index contributed by atoms with van der Waals surface area (Å²) in [6.07, 6.45) is 14.3. The smallest absolute Gasteiger partial charge is 0.121 e. The Bertz CT molecular complexity index is 559. The quantitative estimate of drug-likeness (QED) is 0.371. The van der Waals surface area contributed by atoms with Gasteiger partial charge in [-0.25, -0.2) is 0 Å². The van der Waals surface area contributed by atoms with E-state index in [9.17, 15) is 0 Å². The molecule has 1 saturated heterocycles. The summed E-state index contributed by atoms with van der Waals surface area (Å²) in [4.78, 5) is 7.27. The molecule has 1 aliphatic heterocycles. The highest BCUT2D eigenvalue weighted by Crippen LogP contribution is 2.20. The number of rotatable bonds is 10. The van der Waals surface area contributed by atoms with Crippen LogP contribution in [-0.2, 0) is 0 Å². The summed E-state index contributed by atoms with van der Waals surface area (Å²) < 4.78 is 0. The Kier molecular flexibility index (Phi) is 8.41. The Morgan fingerprint density at radius 1 is 1.27 bits per heavy atom. The molecule has 1 radical (unpaired) electrons. The SMILES string of the molecule is C#C/C(=C\C(=N)N1CCN(CCN(CCC)CCC2=C[CH]2)CC1)C(C)C. The molecular weight excluding hydrogens is 320 g/mol. The lowest BCUT2D eigenvalue weighted by Gasteiger charge is -2.36. The molecule has 1 N–H and O–H groups in total. The van der Waals surface area contributed by atoms with Crippen molar-refractivity contribution in [3.05, 3.63) is 29.7 Å². The monoisotopic (exact) mass is 355 g/mol. The van der Waals surface area contributed by atoms with Crippen molar-refractivity contribution < 1.29 is 0 Å². The predicted molar refractivity (Wildman–Crippen MR) is 111 cm³/mol. The van der Waals surface area contributed by atoms with Crippen molar-refractivity contribution in [2.75, 3.05) is 52.4 Å². The van der Waals surface area contributed by atoms with Crippen molar-refractivity contribution in [1.82, 2.24) is 14.7 Å². The van der Waals surface area contributed by atoms with Crippen molar-refractivity contribution >= 4 is 5.84 Å². The molecule has 143 valence electrons. The average Bonchev–Trinajstić information content (AvgIpc) is 3.46. The number of hydrogen-bond donors (Lipinski definition) is 1. The van der Waals surface area contributed by atoms with Gasteiger partial charge in [0.2, 0.25) is 0 Å². The number of terminal acetylenes is 1. The summed E-state index contributed by atoms with van der Waals surface area (Å²) in [6, 6.07) is 0. The van der Waals surface area contributed by atoms with Crippen molar-refractivity contribution in [1.29, 1.82) is 5.41 Å². The Labute approximate surface area is 160 Å². The third-order valence-electron chi connectivity index (χ3n) is 5.19. The Hall–Kier alpha value is -1.57. The topological polar surface area (TPSA) is 33.6 Å². The number of nitrogens with one attached hydrogen (secondary N) is 1. The molecule has 0 spiro atoms. The normalized spacial score (nSPS) is 18.2. The first-order chi connectivity index (χ1) is 12.5. The number of hydrogen-bond acceptors (Lipinski definition) is 3. The molecule has 0 aromatic rings. The van der Waals surface area contributed by atoms with Gasteiger partial charge in [0.25, 0.3) is 0 Å². The molecular formula is C22H35N4. The largest absolute Gasteiger partial charge is 0.355 e. The van der Waals surface area contributed by atoms with Gasteiger partial charge in [0, 0.05) is 57.8 Å². The molecule has 0 aromatic carbocycles. The van der Waals surface area contributed by atoms with Gasteiger partial charge in [-0.1, -0.05) is 38.3 Å². The van der Waals surface area contributed by atoms with Crippen LogP contribution in [0.2, 0.25) is 0 Å². The van der Waals surface area contributed by atoms with Crippen LogP contribution in [0, 0.1) is 30.1 Å². The van der Waals surface area contributed by atoms with Gasteiger partial charge in [0.15, 0.2) is 0 Å². The van der Waals surface area contributed by atoms with E-state index in [1.165, 1.54) is 31.5 Å². The molecule has 0 saturated carbocycles. The third kappa shape index (κ3) is 6.97. The number of allylic oxidation sites excluding steroid dienone is 2. The first-order valence-corrected chi connectivity index (χ1v) is 10.0.